The van der Waals surface area contributed by atoms with E-state index in [1.54, 1.807) is 0 Å². The zero-order chi connectivity index (χ0) is 19.2. The molecule has 144 valence electrons. The van der Waals surface area contributed by atoms with Crippen LogP contribution in [-0.2, 0) is 16.0 Å². The lowest BCUT2D eigenvalue weighted by atomic mass is 9.86. The van der Waals surface area contributed by atoms with Gasteiger partial charge in [-0.1, -0.05) is 30.3 Å². The average molecular weight is 388 g/mol. The van der Waals surface area contributed by atoms with Crippen LogP contribution >= 0.6 is 11.3 Å². The maximum atomic E-state index is 12.6. The highest BCUT2D eigenvalue weighted by Crippen LogP contribution is 2.25. The number of aryl methyl sites for hydroxylation is 1. The maximum Gasteiger partial charge on any atom is 0.308 e. The Hall–Kier alpha value is -2.25. The van der Waals surface area contributed by atoms with Crippen LogP contribution in [0.5, 0.6) is 0 Å². The summed E-state index contributed by atoms with van der Waals surface area (Å²) in [6.45, 7) is 3.11. The van der Waals surface area contributed by atoms with Crippen LogP contribution in [0.1, 0.15) is 38.8 Å². The first-order valence-electron chi connectivity index (χ1n) is 9.13. The second-order valence-corrected chi connectivity index (χ2v) is 7.87. The van der Waals surface area contributed by atoms with Crippen LogP contribution in [0.25, 0.3) is 0 Å². The molecule has 1 unspecified atom stereocenters. The Labute approximate surface area is 162 Å². The first-order valence-corrected chi connectivity index (χ1v) is 9.95. The third kappa shape index (κ3) is 5.14. The van der Waals surface area contributed by atoms with Gasteiger partial charge < -0.3 is 15.2 Å². The minimum Gasteiger partial charge on any atom is -0.481 e. The van der Waals surface area contributed by atoms with Crippen LogP contribution in [0.4, 0.5) is 0 Å². The molecule has 27 heavy (non-hydrogen) atoms. The fourth-order valence-corrected chi connectivity index (χ4v) is 4.38. The summed E-state index contributed by atoms with van der Waals surface area (Å²) in [5.41, 5.74) is 1.82. The van der Waals surface area contributed by atoms with Crippen molar-refractivity contribution in [2.75, 3.05) is 19.8 Å². The van der Waals surface area contributed by atoms with Gasteiger partial charge in [-0.3, -0.25) is 9.59 Å². The highest BCUT2D eigenvalue weighted by atomic mass is 32.1. The van der Waals surface area contributed by atoms with E-state index in [1.165, 1.54) is 11.3 Å². The number of hydrogen-bond acceptors (Lipinski definition) is 5. The van der Waals surface area contributed by atoms with Crippen LogP contribution in [0.15, 0.2) is 30.3 Å². The molecule has 1 saturated heterocycles. The van der Waals surface area contributed by atoms with Gasteiger partial charge in [-0.15, -0.1) is 11.3 Å². The van der Waals surface area contributed by atoms with Crippen molar-refractivity contribution >= 4 is 23.2 Å². The minimum absolute atomic E-state index is 0.0350. The molecule has 2 N–H and O–H groups in total. The predicted octanol–water partition coefficient (Wildman–Crippen LogP) is 2.90. The SMILES string of the molecule is Cc1nc(Cc2ccccc2)sc1C(=O)NCC(C(=O)O)C1CCOCC1. The molecule has 2 aromatic rings. The van der Waals surface area contributed by atoms with E-state index in [9.17, 15) is 14.7 Å². The van der Waals surface area contributed by atoms with Gasteiger partial charge in [-0.05, 0) is 31.2 Å². The zero-order valence-corrected chi connectivity index (χ0v) is 16.1. The van der Waals surface area contributed by atoms with E-state index in [4.69, 9.17) is 4.74 Å². The summed E-state index contributed by atoms with van der Waals surface area (Å²) < 4.78 is 5.30. The number of carbonyl (C=O) groups excluding carboxylic acids is 1. The van der Waals surface area contributed by atoms with Crippen molar-refractivity contribution in [2.24, 2.45) is 11.8 Å². The number of aliphatic carboxylic acids is 1. The van der Waals surface area contributed by atoms with Crippen LogP contribution < -0.4 is 5.32 Å². The summed E-state index contributed by atoms with van der Waals surface area (Å²) in [4.78, 5) is 29.3. The number of carboxylic acid groups (broad SMARTS) is 1. The molecule has 1 amide bonds. The number of carboxylic acids is 1. The topological polar surface area (TPSA) is 88.5 Å². The van der Waals surface area contributed by atoms with Gasteiger partial charge in [0.15, 0.2) is 0 Å². The summed E-state index contributed by atoms with van der Waals surface area (Å²) in [5, 5.41) is 13.2. The molecule has 0 aliphatic carbocycles. The lowest BCUT2D eigenvalue weighted by molar-refractivity contribution is -0.144. The number of aromatic nitrogens is 1. The molecule has 0 bridgehead atoms. The van der Waals surface area contributed by atoms with Gasteiger partial charge in [0, 0.05) is 26.2 Å². The van der Waals surface area contributed by atoms with E-state index in [-0.39, 0.29) is 18.4 Å². The number of carbonyl (C=O) groups is 2. The molecule has 1 aromatic carbocycles. The average Bonchev–Trinajstić information content (AvgIpc) is 3.03. The van der Waals surface area contributed by atoms with E-state index in [1.807, 2.05) is 37.3 Å². The molecule has 1 fully saturated rings. The van der Waals surface area contributed by atoms with E-state index in [0.29, 0.717) is 43.0 Å². The number of thiazole rings is 1. The number of amides is 1. The van der Waals surface area contributed by atoms with Crippen molar-refractivity contribution in [3.63, 3.8) is 0 Å². The molecule has 0 radical (unpaired) electrons. The molecule has 7 heteroatoms. The first kappa shape index (κ1) is 19.5. The monoisotopic (exact) mass is 388 g/mol. The molecule has 6 nitrogen and oxygen atoms in total. The van der Waals surface area contributed by atoms with Crippen LogP contribution in [0.2, 0.25) is 0 Å². The highest BCUT2D eigenvalue weighted by molar-refractivity contribution is 7.13. The molecule has 3 rings (SSSR count). The van der Waals surface area contributed by atoms with Gasteiger partial charge in [0.25, 0.3) is 5.91 Å². The van der Waals surface area contributed by atoms with E-state index in [2.05, 4.69) is 10.3 Å². The van der Waals surface area contributed by atoms with Gasteiger partial charge in [0.2, 0.25) is 0 Å². The van der Waals surface area contributed by atoms with Crippen molar-refractivity contribution in [3.8, 4) is 0 Å². The van der Waals surface area contributed by atoms with Crippen molar-refractivity contribution in [1.82, 2.24) is 10.3 Å². The Morgan fingerprint density at radius 3 is 2.67 bits per heavy atom. The van der Waals surface area contributed by atoms with Gasteiger partial charge >= 0.3 is 5.97 Å². The first-order chi connectivity index (χ1) is 13.0. The van der Waals surface area contributed by atoms with Crippen molar-refractivity contribution in [1.29, 1.82) is 0 Å². The number of rotatable bonds is 7. The number of benzene rings is 1. The second kappa shape index (κ2) is 9.10. The fourth-order valence-electron chi connectivity index (χ4n) is 3.37. The molecule has 1 aliphatic rings. The smallest absolute Gasteiger partial charge is 0.308 e. The lowest BCUT2D eigenvalue weighted by Gasteiger charge is -2.27. The van der Waals surface area contributed by atoms with E-state index < -0.39 is 11.9 Å². The van der Waals surface area contributed by atoms with Gasteiger partial charge in [0.1, 0.15) is 4.88 Å². The van der Waals surface area contributed by atoms with Crippen molar-refractivity contribution in [2.45, 2.75) is 26.2 Å². The third-order valence-corrected chi connectivity index (χ3v) is 6.04. The zero-order valence-electron chi connectivity index (χ0n) is 15.3. The number of nitrogens with zero attached hydrogens (tertiary/aromatic N) is 1. The Kier molecular flexibility index (Phi) is 6.58. The molecule has 0 spiro atoms. The second-order valence-electron chi connectivity index (χ2n) is 6.79. The molecule has 1 aromatic heterocycles. The Balaban J connectivity index is 1.62. The minimum atomic E-state index is -0.868. The summed E-state index contributed by atoms with van der Waals surface area (Å²) in [6, 6.07) is 9.98. The molecular weight excluding hydrogens is 364 g/mol. The van der Waals surface area contributed by atoms with Gasteiger partial charge in [-0.25, -0.2) is 4.98 Å². The summed E-state index contributed by atoms with van der Waals surface area (Å²) >= 11 is 1.37. The quantitative estimate of drug-likeness (QED) is 0.761. The van der Waals surface area contributed by atoms with Crippen molar-refractivity contribution < 1.29 is 19.4 Å². The fraction of sp³-hybridized carbons (Fsp3) is 0.450. The summed E-state index contributed by atoms with van der Waals surface area (Å²) in [7, 11) is 0. The van der Waals surface area contributed by atoms with Crippen LogP contribution in [0, 0.1) is 18.8 Å². The number of hydrogen-bond donors (Lipinski definition) is 2. The Morgan fingerprint density at radius 2 is 2.00 bits per heavy atom. The Bertz CT molecular complexity index is 785. The summed E-state index contributed by atoms with van der Waals surface area (Å²) in [6.07, 6.45) is 2.11. The lowest BCUT2D eigenvalue weighted by Crippen LogP contribution is -2.38. The molecule has 2 heterocycles. The van der Waals surface area contributed by atoms with E-state index >= 15 is 0 Å². The van der Waals surface area contributed by atoms with Crippen LogP contribution in [0.3, 0.4) is 0 Å². The molecule has 1 atom stereocenters. The standard InChI is InChI=1S/C20H24N2O4S/c1-13-18(27-17(22-13)11-14-5-3-2-4-6-14)19(23)21-12-16(20(24)25)15-7-9-26-10-8-15/h2-6,15-16H,7-12H2,1H3,(H,21,23)(H,24,25). The van der Waals surface area contributed by atoms with Crippen LogP contribution in [-0.4, -0.2) is 41.7 Å². The van der Waals surface area contributed by atoms with E-state index in [0.717, 1.165) is 10.6 Å². The third-order valence-electron chi connectivity index (χ3n) is 4.88. The maximum absolute atomic E-state index is 12.6. The molecule has 1 aliphatic heterocycles. The van der Waals surface area contributed by atoms with Gasteiger partial charge in [-0.2, -0.15) is 0 Å². The van der Waals surface area contributed by atoms with Gasteiger partial charge in [0.05, 0.1) is 16.6 Å². The highest BCUT2D eigenvalue weighted by Gasteiger charge is 2.30. The van der Waals surface area contributed by atoms with Crippen molar-refractivity contribution in [3.05, 3.63) is 51.5 Å². The molecule has 0 saturated carbocycles. The normalized spacial score (nSPS) is 16.0. The molecular formula is C20H24N2O4S. The Morgan fingerprint density at radius 1 is 1.30 bits per heavy atom. The largest absolute Gasteiger partial charge is 0.481 e. The number of ether oxygens (including phenoxy) is 1. The predicted molar refractivity (Wildman–Crippen MR) is 103 cm³/mol. The summed E-state index contributed by atoms with van der Waals surface area (Å²) in [5.74, 6) is -1.67. The number of nitrogens with one attached hydrogen (secondary N) is 1.